The summed E-state index contributed by atoms with van der Waals surface area (Å²) in [7, 11) is 3.03. The van der Waals surface area contributed by atoms with Gasteiger partial charge in [0.25, 0.3) is 0 Å². The molecule has 0 saturated carbocycles. The number of esters is 1. The van der Waals surface area contributed by atoms with E-state index in [2.05, 4.69) is 4.74 Å². The van der Waals surface area contributed by atoms with E-state index < -0.39 is 0 Å². The van der Waals surface area contributed by atoms with Crippen molar-refractivity contribution >= 4 is 5.97 Å². The Balaban J connectivity index is 2.06. The number of carbonyl (C=O) groups is 1. The minimum absolute atomic E-state index is 0.111. The second kappa shape index (κ2) is 5.29. The lowest BCUT2D eigenvalue weighted by molar-refractivity contribution is -0.0880. The minimum atomic E-state index is -0.311. The zero-order valence-corrected chi connectivity index (χ0v) is 10.0. The Morgan fingerprint density at radius 1 is 1.29 bits per heavy atom. The van der Waals surface area contributed by atoms with Gasteiger partial charge in [-0.25, -0.2) is 4.79 Å². The third kappa shape index (κ3) is 2.65. The zero-order chi connectivity index (χ0) is 12.3. The third-order valence-corrected chi connectivity index (χ3v) is 3.03. The fourth-order valence-electron chi connectivity index (χ4n) is 2.00. The maximum absolute atomic E-state index is 11.3. The van der Waals surface area contributed by atoms with E-state index in [0.717, 1.165) is 12.0 Å². The number of hydrogen-bond donors (Lipinski definition) is 0. The molecular formula is C13H16O4. The van der Waals surface area contributed by atoms with Gasteiger partial charge in [0.15, 0.2) is 6.29 Å². The normalized spacial score (nSPS) is 23.6. The molecule has 0 N–H and O–H groups in total. The van der Waals surface area contributed by atoms with E-state index in [1.807, 2.05) is 12.1 Å². The van der Waals surface area contributed by atoms with E-state index in [-0.39, 0.29) is 12.3 Å². The summed E-state index contributed by atoms with van der Waals surface area (Å²) in [6.45, 7) is 0.663. The van der Waals surface area contributed by atoms with Crippen LogP contribution in [0, 0.1) is 0 Å². The summed E-state index contributed by atoms with van der Waals surface area (Å²) in [4.78, 5) is 11.3. The molecule has 0 spiro atoms. The van der Waals surface area contributed by atoms with Crippen molar-refractivity contribution in [2.75, 3.05) is 20.8 Å². The molecule has 2 rings (SSSR count). The molecule has 2 unspecified atom stereocenters. The SMILES string of the molecule is COC(=O)c1ccc(C2COC(OC)C2)cc1. The Morgan fingerprint density at radius 3 is 2.53 bits per heavy atom. The number of hydrogen-bond acceptors (Lipinski definition) is 4. The van der Waals surface area contributed by atoms with Crippen molar-refractivity contribution in [3.05, 3.63) is 35.4 Å². The van der Waals surface area contributed by atoms with E-state index in [9.17, 15) is 4.79 Å². The van der Waals surface area contributed by atoms with Gasteiger partial charge in [0.2, 0.25) is 0 Å². The Kier molecular flexibility index (Phi) is 3.76. The predicted octanol–water partition coefficient (Wildman–Crippen LogP) is 1.95. The van der Waals surface area contributed by atoms with Gasteiger partial charge >= 0.3 is 5.97 Å². The summed E-state index contributed by atoms with van der Waals surface area (Å²) >= 11 is 0. The summed E-state index contributed by atoms with van der Waals surface area (Å²) in [5.74, 6) is 0.0284. The van der Waals surface area contributed by atoms with Crippen LogP contribution in [0.2, 0.25) is 0 Å². The van der Waals surface area contributed by atoms with Crippen LogP contribution in [-0.2, 0) is 14.2 Å². The van der Waals surface area contributed by atoms with Crippen molar-refractivity contribution in [2.45, 2.75) is 18.6 Å². The molecule has 0 amide bonds. The first kappa shape index (κ1) is 12.1. The first-order valence-corrected chi connectivity index (χ1v) is 5.57. The van der Waals surface area contributed by atoms with Crippen molar-refractivity contribution in [2.24, 2.45) is 0 Å². The first-order chi connectivity index (χ1) is 8.24. The summed E-state index contributed by atoms with van der Waals surface area (Å²) in [5.41, 5.74) is 1.73. The van der Waals surface area contributed by atoms with E-state index in [1.165, 1.54) is 7.11 Å². The van der Waals surface area contributed by atoms with Crippen molar-refractivity contribution in [1.82, 2.24) is 0 Å². The molecule has 1 heterocycles. The molecule has 1 aromatic rings. The molecular weight excluding hydrogens is 220 g/mol. The van der Waals surface area contributed by atoms with Crippen LogP contribution in [0.15, 0.2) is 24.3 Å². The van der Waals surface area contributed by atoms with Crippen LogP contribution in [0.4, 0.5) is 0 Å². The first-order valence-electron chi connectivity index (χ1n) is 5.57. The summed E-state index contributed by atoms with van der Waals surface area (Å²) in [5, 5.41) is 0. The summed E-state index contributed by atoms with van der Waals surface area (Å²) in [6.07, 6.45) is 0.744. The predicted molar refractivity (Wildman–Crippen MR) is 61.9 cm³/mol. The molecule has 1 aliphatic heterocycles. The van der Waals surface area contributed by atoms with E-state index in [1.54, 1.807) is 19.2 Å². The molecule has 0 radical (unpaired) electrons. The average molecular weight is 236 g/mol. The number of rotatable bonds is 3. The highest BCUT2D eigenvalue weighted by atomic mass is 16.7. The molecule has 1 aliphatic rings. The van der Waals surface area contributed by atoms with Gasteiger partial charge in [-0.3, -0.25) is 0 Å². The maximum Gasteiger partial charge on any atom is 0.337 e. The lowest BCUT2D eigenvalue weighted by atomic mass is 9.97. The van der Waals surface area contributed by atoms with Crippen LogP contribution < -0.4 is 0 Å². The van der Waals surface area contributed by atoms with Gasteiger partial charge in [0.1, 0.15) is 0 Å². The molecule has 0 bridgehead atoms. The molecule has 1 saturated heterocycles. The molecule has 4 heteroatoms. The molecule has 0 aliphatic carbocycles. The second-order valence-corrected chi connectivity index (χ2v) is 4.04. The minimum Gasteiger partial charge on any atom is -0.465 e. The average Bonchev–Trinajstić information content (AvgIpc) is 2.87. The highest BCUT2D eigenvalue weighted by molar-refractivity contribution is 5.89. The lowest BCUT2D eigenvalue weighted by Gasteiger charge is -2.08. The smallest absolute Gasteiger partial charge is 0.337 e. The highest BCUT2D eigenvalue weighted by Crippen LogP contribution is 2.29. The highest BCUT2D eigenvalue weighted by Gasteiger charge is 2.26. The quantitative estimate of drug-likeness (QED) is 0.752. The van der Waals surface area contributed by atoms with Crippen LogP contribution >= 0.6 is 0 Å². The molecule has 2 atom stereocenters. The molecule has 1 fully saturated rings. The standard InChI is InChI=1S/C13H16O4/c1-15-12-7-11(8-17-12)9-3-5-10(6-4-9)13(14)16-2/h3-6,11-12H,7-8H2,1-2H3. The maximum atomic E-state index is 11.3. The van der Waals surface area contributed by atoms with Crippen molar-refractivity contribution in [1.29, 1.82) is 0 Å². The Hall–Kier alpha value is -1.39. The van der Waals surface area contributed by atoms with E-state index in [0.29, 0.717) is 18.1 Å². The number of methoxy groups -OCH3 is 2. The summed E-state index contributed by atoms with van der Waals surface area (Å²) in [6, 6.07) is 7.44. The zero-order valence-electron chi connectivity index (χ0n) is 10.0. The molecule has 1 aromatic carbocycles. The topological polar surface area (TPSA) is 44.8 Å². The molecule has 4 nitrogen and oxygen atoms in total. The Labute approximate surface area is 100 Å². The van der Waals surface area contributed by atoms with Crippen LogP contribution in [0.5, 0.6) is 0 Å². The molecule has 0 aromatic heterocycles. The summed E-state index contributed by atoms with van der Waals surface area (Å²) < 4.78 is 15.3. The van der Waals surface area contributed by atoms with Crippen LogP contribution in [0.3, 0.4) is 0 Å². The van der Waals surface area contributed by atoms with Crippen LogP contribution in [-0.4, -0.2) is 33.1 Å². The van der Waals surface area contributed by atoms with E-state index >= 15 is 0 Å². The van der Waals surface area contributed by atoms with E-state index in [4.69, 9.17) is 9.47 Å². The van der Waals surface area contributed by atoms with Gasteiger partial charge in [-0.2, -0.15) is 0 Å². The monoisotopic (exact) mass is 236 g/mol. The van der Waals surface area contributed by atoms with Crippen LogP contribution in [0.1, 0.15) is 28.3 Å². The Morgan fingerprint density at radius 2 is 2.00 bits per heavy atom. The van der Waals surface area contributed by atoms with Crippen molar-refractivity contribution < 1.29 is 19.0 Å². The van der Waals surface area contributed by atoms with Gasteiger partial charge in [-0.15, -0.1) is 0 Å². The van der Waals surface area contributed by atoms with Gasteiger partial charge in [-0.05, 0) is 17.7 Å². The van der Waals surface area contributed by atoms with Crippen molar-refractivity contribution in [3.63, 3.8) is 0 Å². The second-order valence-electron chi connectivity index (χ2n) is 4.04. The number of carbonyl (C=O) groups excluding carboxylic acids is 1. The van der Waals surface area contributed by atoms with Gasteiger partial charge < -0.3 is 14.2 Å². The molecule has 92 valence electrons. The van der Waals surface area contributed by atoms with Crippen LogP contribution in [0.25, 0.3) is 0 Å². The fraction of sp³-hybridized carbons (Fsp3) is 0.462. The Bertz CT molecular complexity index is 385. The van der Waals surface area contributed by atoms with Gasteiger partial charge in [-0.1, -0.05) is 12.1 Å². The van der Waals surface area contributed by atoms with Crippen molar-refractivity contribution in [3.8, 4) is 0 Å². The number of benzene rings is 1. The third-order valence-electron chi connectivity index (χ3n) is 3.03. The lowest BCUT2D eigenvalue weighted by Crippen LogP contribution is -2.06. The fourth-order valence-corrected chi connectivity index (χ4v) is 2.00. The number of ether oxygens (including phenoxy) is 3. The van der Waals surface area contributed by atoms with Gasteiger partial charge in [0, 0.05) is 19.4 Å². The van der Waals surface area contributed by atoms with Gasteiger partial charge in [0.05, 0.1) is 19.3 Å². The molecule has 17 heavy (non-hydrogen) atoms. The largest absolute Gasteiger partial charge is 0.465 e.